The smallest absolute Gasteiger partial charge is 0.218 e. The van der Waals surface area contributed by atoms with E-state index in [2.05, 4.69) is 19.2 Å². The molecule has 1 aliphatic rings. The minimum absolute atomic E-state index is 0.216. The summed E-state index contributed by atoms with van der Waals surface area (Å²) in [5.41, 5.74) is 5.67. The molecule has 3 heteroatoms. The maximum Gasteiger partial charge on any atom is 0.218 e. The fourth-order valence-electron chi connectivity index (χ4n) is 2.33. The summed E-state index contributed by atoms with van der Waals surface area (Å²) in [6.07, 6.45) is 5.42. The average Bonchev–Trinajstić information content (AvgIpc) is 2.07. The predicted molar refractivity (Wildman–Crippen MR) is 62.4 cm³/mol. The van der Waals surface area contributed by atoms with Gasteiger partial charge in [-0.25, -0.2) is 0 Å². The summed E-state index contributed by atoms with van der Waals surface area (Å²) in [5, 5.41) is 3.49. The van der Waals surface area contributed by atoms with Gasteiger partial charge in [-0.15, -0.1) is 0 Å². The van der Waals surface area contributed by atoms with Crippen molar-refractivity contribution in [3.8, 4) is 0 Å². The molecule has 1 atom stereocenters. The summed E-state index contributed by atoms with van der Waals surface area (Å²) in [6.45, 7) is 6.69. The second-order valence-electron chi connectivity index (χ2n) is 5.68. The largest absolute Gasteiger partial charge is 0.370 e. The van der Waals surface area contributed by atoms with Gasteiger partial charge in [-0.05, 0) is 38.0 Å². The van der Waals surface area contributed by atoms with Gasteiger partial charge in [-0.3, -0.25) is 4.79 Å². The lowest BCUT2D eigenvalue weighted by atomic mass is 9.75. The SMILES string of the molecule is CC(CC(N)=O)NC1CCC(C)(C)CC1. The topological polar surface area (TPSA) is 55.1 Å². The van der Waals surface area contributed by atoms with Gasteiger partial charge in [0, 0.05) is 18.5 Å². The Balaban J connectivity index is 2.26. The molecule has 3 N–H and O–H groups in total. The molecular formula is C12H24N2O. The zero-order valence-corrected chi connectivity index (χ0v) is 10.2. The Bertz CT molecular complexity index is 216. The zero-order valence-electron chi connectivity index (χ0n) is 10.2. The van der Waals surface area contributed by atoms with E-state index < -0.39 is 0 Å². The minimum atomic E-state index is -0.217. The van der Waals surface area contributed by atoms with Gasteiger partial charge < -0.3 is 11.1 Å². The standard InChI is InChI=1S/C12H24N2O/c1-9(8-11(13)15)14-10-4-6-12(2,3)7-5-10/h9-10,14H,4-8H2,1-3H3,(H2,13,15). The van der Waals surface area contributed by atoms with Crippen molar-refractivity contribution in [2.24, 2.45) is 11.1 Å². The van der Waals surface area contributed by atoms with Crippen molar-refractivity contribution in [3.05, 3.63) is 0 Å². The molecule has 0 saturated heterocycles. The van der Waals surface area contributed by atoms with E-state index >= 15 is 0 Å². The number of nitrogens with two attached hydrogens (primary N) is 1. The molecule has 0 aliphatic heterocycles. The van der Waals surface area contributed by atoms with Gasteiger partial charge >= 0.3 is 0 Å². The summed E-state index contributed by atoms with van der Waals surface area (Å²) < 4.78 is 0. The van der Waals surface area contributed by atoms with Crippen LogP contribution in [0.5, 0.6) is 0 Å². The number of hydrogen-bond donors (Lipinski definition) is 2. The molecular weight excluding hydrogens is 188 g/mol. The van der Waals surface area contributed by atoms with Crippen molar-refractivity contribution in [3.63, 3.8) is 0 Å². The third kappa shape index (κ3) is 4.65. The highest BCUT2D eigenvalue weighted by atomic mass is 16.1. The molecule has 0 heterocycles. The van der Waals surface area contributed by atoms with E-state index in [-0.39, 0.29) is 11.9 Å². The lowest BCUT2D eigenvalue weighted by Gasteiger charge is -2.35. The van der Waals surface area contributed by atoms with Gasteiger partial charge in [0.25, 0.3) is 0 Å². The van der Waals surface area contributed by atoms with Crippen LogP contribution in [0, 0.1) is 5.41 Å². The quantitative estimate of drug-likeness (QED) is 0.746. The van der Waals surface area contributed by atoms with Crippen LogP contribution in [0.2, 0.25) is 0 Å². The number of hydrogen-bond acceptors (Lipinski definition) is 2. The van der Waals surface area contributed by atoms with Crippen LogP contribution in [-0.2, 0) is 4.79 Å². The van der Waals surface area contributed by atoms with Crippen molar-refractivity contribution in [2.75, 3.05) is 0 Å². The molecule has 1 rings (SSSR count). The van der Waals surface area contributed by atoms with Crippen molar-refractivity contribution < 1.29 is 4.79 Å². The Hall–Kier alpha value is -0.570. The molecule has 0 bridgehead atoms. The van der Waals surface area contributed by atoms with Crippen LogP contribution < -0.4 is 11.1 Å². The summed E-state index contributed by atoms with van der Waals surface area (Å²) in [6, 6.07) is 0.793. The summed E-state index contributed by atoms with van der Waals surface area (Å²) in [7, 11) is 0. The number of nitrogens with one attached hydrogen (secondary N) is 1. The number of primary amides is 1. The highest BCUT2D eigenvalue weighted by Gasteiger charge is 2.27. The van der Waals surface area contributed by atoms with Gasteiger partial charge in [0.1, 0.15) is 0 Å². The van der Waals surface area contributed by atoms with Crippen LogP contribution in [0.15, 0.2) is 0 Å². The molecule has 1 amide bonds. The Kier molecular flexibility index (Phi) is 4.14. The van der Waals surface area contributed by atoms with Crippen molar-refractivity contribution >= 4 is 5.91 Å². The van der Waals surface area contributed by atoms with E-state index in [0.717, 1.165) is 0 Å². The number of amides is 1. The molecule has 0 aromatic carbocycles. The fraction of sp³-hybridized carbons (Fsp3) is 0.917. The lowest BCUT2D eigenvalue weighted by Crippen LogP contribution is -2.42. The first-order valence-electron chi connectivity index (χ1n) is 5.93. The highest BCUT2D eigenvalue weighted by molar-refractivity contribution is 5.74. The van der Waals surface area contributed by atoms with Gasteiger partial charge in [-0.1, -0.05) is 13.8 Å². The van der Waals surface area contributed by atoms with Crippen LogP contribution >= 0.6 is 0 Å². The van der Waals surface area contributed by atoms with E-state index in [4.69, 9.17) is 5.73 Å². The van der Waals surface area contributed by atoms with E-state index in [0.29, 0.717) is 17.9 Å². The summed E-state index contributed by atoms with van der Waals surface area (Å²) in [5.74, 6) is -0.217. The first kappa shape index (κ1) is 12.5. The molecule has 1 fully saturated rings. The van der Waals surface area contributed by atoms with Gasteiger partial charge in [0.2, 0.25) is 5.91 Å². The average molecular weight is 212 g/mol. The summed E-state index contributed by atoms with van der Waals surface area (Å²) >= 11 is 0. The third-order valence-corrected chi connectivity index (χ3v) is 3.37. The van der Waals surface area contributed by atoms with Crippen LogP contribution in [0.25, 0.3) is 0 Å². The van der Waals surface area contributed by atoms with Crippen LogP contribution in [0.1, 0.15) is 52.9 Å². The van der Waals surface area contributed by atoms with Crippen LogP contribution in [0.4, 0.5) is 0 Å². The Morgan fingerprint density at radius 3 is 2.47 bits per heavy atom. The first-order chi connectivity index (χ1) is 6.89. The van der Waals surface area contributed by atoms with Gasteiger partial charge in [0.05, 0.1) is 0 Å². The van der Waals surface area contributed by atoms with Gasteiger partial charge in [0.15, 0.2) is 0 Å². The third-order valence-electron chi connectivity index (χ3n) is 3.37. The van der Waals surface area contributed by atoms with E-state index in [1.807, 2.05) is 6.92 Å². The van der Waals surface area contributed by atoms with Crippen molar-refractivity contribution in [2.45, 2.75) is 65.0 Å². The van der Waals surface area contributed by atoms with Crippen LogP contribution in [0.3, 0.4) is 0 Å². The Morgan fingerprint density at radius 2 is 2.00 bits per heavy atom. The maximum atomic E-state index is 10.7. The molecule has 88 valence electrons. The number of carbonyl (C=O) groups excluding carboxylic acids is 1. The molecule has 0 aromatic rings. The first-order valence-corrected chi connectivity index (χ1v) is 5.93. The lowest BCUT2D eigenvalue weighted by molar-refractivity contribution is -0.118. The molecule has 15 heavy (non-hydrogen) atoms. The molecule has 0 radical (unpaired) electrons. The fourth-order valence-corrected chi connectivity index (χ4v) is 2.33. The normalized spacial score (nSPS) is 23.7. The molecule has 1 aliphatic carbocycles. The zero-order chi connectivity index (χ0) is 11.5. The molecule has 1 unspecified atom stereocenters. The van der Waals surface area contributed by atoms with Crippen molar-refractivity contribution in [1.29, 1.82) is 0 Å². The monoisotopic (exact) mass is 212 g/mol. The molecule has 0 aromatic heterocycles. The number of carbonyl (C=O) groups is 1. The Morgan fingerprint density at radius 1 is 1.47 bits per heavy atom. The summed E-state index contributed by atoms with van der Waals surface area (Å²) in [4.78, 5) is 10.7. The predicted octanol–water partition coefficient (Wildman–Crippen LogP) is 1.81. The van der Waals surface area contributed by atoms with E-state index in [9.17, 15) is 4.79 Å². The second kappa shape index (κ2) is 4.97. The van der Waals surface area contributed by atoms with Crippen LogP contribution in [-0.4, -0.2) is 18.0 Å². The second-order valence-corrected chi connectivity index (χ2v) is 5.68. The molecule has 0 spiro atoms. The van der Waals surface area contributed by atoms with E-state index in [1.165, 1.54) is 25.7 Å². The number of rotatable bonds is 4. The molecule has 1 saturated carbocycles. The van der Waals surface area contributed by atoms with E-state index in [1.54, 1.807) is 0 Å². The maximum absolute atomic E-state index is 10.7. The molecule has 3 nitrogen and oxygen atoms in total. The Labute approximate surface area is 92.8 Å². The van der Waals surface area contributed by atoms with Gasteiger partial charge in [-0.2, -0.15) is 0 Å². The minimum Gasteiger partial charge on any atom is -0.370 e. The van der Waals surface area contributed by atoms with Crippen molar-refractivity contribution in [1.82, 2.24) is 5.32 Å². The highest BCUT2D eigenvalue weighted by Crippen LogP contribution is 2.35.